The van der Waals surface area contributed by atoms with Crippen molar-refractivity contribution in [1.82, 2.24) is 9.78 Å². The molecule has 0 spiro atoms. The van der Waals surface area contributed by atoms with E-state index in [0.717, 1.165) is 6.42 Å². The average molecular weight is 295 g/mol. The molecule has 0 bridgehead atoms. The lowest BCUT2D eigenvalue weighted by atomic mass is 10.2. The molecule has 7 heteroatoms. The van der Waals surface area contributed by atoms with Crippen molar-refractivity contribution in [3.8, 4) is 0 Å². The molecule has 104 valence electrons. The number of hydrogen-bond acceptors (Lipinski definition) is 4. The van der Waals surface area contributed by atoms with Gasteiger partial charge in [-0.3, -0.25) is 4.68 Å². The summed E-state index contributed by atoms with van der Waals surface area (Å²) in [6.07, 6.45) is 2.15. The Hall–Kier alpha value is -0.590. The van der Waals surface area contributed by atoms with Crippen molar-refractivity contribution < 1.29 is 13.2 Å². The smallest absolute Gasteiger partial charge is 0.264 e. The summed E-state index contributed by atoms with van der Waals surface area (Å²) in [6, 6.07) is 0. The van der Waals surface area contributed by atoms with Crippen LogP contribution in [0.5, 0.6) is 0 Å². The molecule has 0 amide bonds. The lowest BCUT2D eigenvalue weighted by Crippen LogP contribution is -2.10. The molecule has 18 heavy (non-hydrogen) atoms. The van der Waals surface area contributed by atoms with Gasteiger partial charge in [-0.15, -0.1) is 0 Å². The summed E-state index contributed by atoms with van der Waals surface area (Å²) in [5, 5.41) is 4.04. The molecule has 0 atom stereocenters. The zero-order chi connectivity index (χ0) is 13.8. The summed E-state index contributed by atoms with van der Waals surface area (Å²) >= 11 is 0. The third kappa shape index (κ3) is 4.26. The minimum Gasteiger partial charge on any atom is -0.375 e. The Kier molecular flexibility index (Phi) is 5.62. The number of nitrogens with zero attached hydrogens (tertiary/aromatic N) is 2. The molecule has 1 aromatic heterocycles. The van der Waals surface area contributed by atoms with Crippen molar-refractivity contribution in [1.29, 1.82) is 0 Å². The Balaban J connectivity index is 2.93. The van der Waals surface area contributed by atoms with E-state index in [1.54, 1.807) is 4.68 Å². The highest BCUT2D eigenvalue weighted by Gasteiger charge is 2.21. The van der Waals surface area contributed by atoms with E-state index in [4.69, 9.17) is 15.4 Å². The number of rotatable bonds is 7. The first-order chi connectivity index (χ1) is 8.36. The lowest BCUT2D eigenvalue weighted by Gasteiger charge is -2.10. The normalized spacial score (nSPS) is 12.3. The molecule has 0 radical (unpaired) electrons. The molecule has 5 nitrogen and oxygen atoms in total. The zero-order valence-corrected chi connectivity index (χ0v) is 12.5. The van der Waals surface area contributed by atoms with E-state index < -0.39 is 9.05 Å². The molecule has 0 aliphatic heterocycles. The summed E-state index contributed by atoms with van der Waals surface area (Å²) in [5.74, 6) is 0.392. The van der Waals surface area contributed by atoms with E-state index in [0.29, 0.717) is 24.8 Å². The number of aromatic nitrogens is 2. The zero-order valence-electron chi connectivity index (χ0n) is 10.9. The van der Waals surface area contributed by atoms with Crippen molar-refractivity contribution in [2.75, 3.05) is 6.61 Å². The Morgan fingerprint density at radius 2 is 2.17 bits per heavy atom. The van der Waals surface area contributed by atoms with Crippen LogP contribution in [0.3, 0.4) is 0 Å². The molecular formula is C11H19ClN2O3S. The van der Waals surface area contributed by atoms with Crippen LogP contribution in [0.2, 0.25) is 0 Å². The van der Waals surface area contributed by atoms with E-state index in [-0.39, 0.29) is 11.5 Å². The Bertz CT molecular complexity index is 482. The number of ether oxygens (including phenoxy) is 1. The van der Waals surface area contributed by atoms with Crippen molar-refractivity contribution in [3.63, 3.8) is 0 Å². The topological polar surface area (TPSA) is 61.2 Å². The van der Waals surface area contributed by atoms with Gasteiger partial charge in [-0.2, -0.15) is 5.10 Å². The maximum absolute atomic E-state index is 11.4. The van der Waals surface area contributed by atoms with Gasteiger partial charge in [-0.1, -0.05) is 20.8 Å². The van der Waals surface area contributed by atoms with Crippen molar-refractivity contribution in [2.24, 2.45) is 5.92 Å². The van der Waals surface area contributed by atoms with Gasteiger partial charge < -0.3 is 4.74 Å². The lowest BCUT2D eigenvalue weighted by molar-refractivity contribution is 0.0904. The van der Waals surface area contributed by atoms with Crippen LogP contribution in [0.1, 0.15) is 32.9 Å². The van der Waals surface area contributed by atoms with Crippen LogP contribution in [0.15, 0.2) is 11.1 Å². The van der Waals surface area contributed by atoms with Crippen LogP contribution in [0.25, 0.3) is 0 Å². The van der Waals surface area contributed by atoms with Crippen molar-refractivity contribution in [2.45, 2.75) is 45.2 Å². The van der Waals surface area contributed by atoms with Crippen LogP contribution in [0.4, 0.5) is 0 Å². The average Bonchev–Trinajstić information content (AvgIpc) is 2.61. The van der Waals surface area contributed by atoms with Crippen LogP contribution in [-0.2, 0) is 26.9 Å². The van der Waals surface area contributed by atoms with Crippen LogP contribution in [-0.4, -0.2) is 24.8 Å². The van der Waals surface area contributed by atoms with Crippen LogP contribution < -0.4 is 0 Å². The van der Waals surface area contributed by atoms with Gasteiger partial charge in [0.15, 0.2) is 0 Å². The van der Waals surface area contributed by atoms with Crippen LogP contribution >= 0.6 is 10.7 Å². The molecular weight excluding hydrogens is 276 g/mol. The highest BCUT2D eigenvalue weighted by Crippen LogP contribution is 2.21. The Morgan fingerprint density at radius 1 is 1.50 bits per heavy atom. The van der Waals surface area contributed by atoms with Gasteiger partial charge in [0, 0.05) is 23.8 Å². The van der Waals surface area contributed by atoms with Gasteiger partial charge in [0.1, 0.15) is 4.90 Å². The Morgan fingerprint density at radius 3 is 2.67 bits per heavy atom. The predicted molar refractivity (Wildman–Crippen MR) is 70.1 cm³/mol. The van der Waals surface area contributed by atoms with E-state index in [9.17, 15) is 8.42 Å². The van der Waals surface area contributed by atoms with Crippen LogP contribution in [0, 0.1) is 5.92 Å². The second-order valence-electron chi connectivity index (χ2n) is 4.53. The summed E-state index contributed by atoms with van der Waals surface area (Å²) in [7, 11) is 1.61. The minimum absolute atomic E-state index is 0.0429. The quantitative estimate of drug-likeness (QED) is 0.725. The molecule has 1 aromatic rings. The van der Waals surface area contributed by atoms with Gasteiger partial charge in [-0.05, 0) is 12.3 Å². The number of aryl methyl sites for hydroxylation is 1. The molecule has 0 aliphatic carbocycles. The monoisotopic (exact) mass is 294 g/mol. The summed E-state index contributed by atoms with van der Waals surface area (Å²) in [5.41, 5.74) is 0.521. The first-order valence-corrected chi connectivity index (χ1v) is 8.24. The van der Waals surface area contributed by atoms with E-state index >= 15 is 0 Å². The summed E-state index contributed by atoms with van der Waals surface area (Å²) < 4.78 is 30.0. The number of halogens is 1. The maximum atomic E-state index is 11.4. The first kappa shape index (κ1) is 15.5. The van der Waals surface area contributed by atoms with Gasteiger partial charge in [-0.25, -0.2) is 8.42 Å². The van der Waals surface area contributed by atoms with Crippen molar-refractivity contribution in [3.05, 3.63) is 11.9 Å². The van der Waals surface area contributed by atoms with E-state index in [1.807, 2.05) is 20.8 Å². The summed E-state index contributed by atoms with van der Waals surface area (Å²) in [4.78, 5) is 0.0429. The van der Waals surface area contributed by atoms with Gasteiger partial charge in [0.25, 0.3) is 9.05 Å². The van der Waals surface area contributed by atoms with E-state index in [2.05, 4.69) is 5.10 Å². The second-order valence-corrected chi connectivity index (χ2v) is 7.06. The summed E-state index contributed by atoms with van der Waals surface area (Å²) in [6.45, 7) is 7.48. The second kappa shape index (κ2) is 6.54. The molecule has 0 unspecified atom stereocenters. The fourth-order valence-electron chi connectivity index (χ4n) is 1.54. The molecule has 0 fully saturated rings. The van der Waals surface area contributed by atoms with Gasteiger partial charge in [0.05, 0.1) is 18.5 Å². The SMILES string of the molecule is CCCn1ncc(S(=O)(=O)Cl)c1COCC(C)C. The van der Waals surface area contributed by atoms with Crippen molar-refractivity contribution >= 4 is 19.7 Å². The highest BCUT2D eigenvalue weighted by atomic mass is 35.7. The van der Waals surface area contributed by atoms with E-state index in [1.165, 1.54) is 6.20 Å². The minimum atomic E-state index is -3.77. The molecule has 0 aromatic carbocycles. The molecule has 0 saturated heterocycles. The fraction of sp³-hybridized carbons (Fsp3) is 0.727. The van der Waals surface area contributed by atoms with Gasteiger partial charge >= 0.3 is 0 Å². The maximum Gasteiger partial charge on any atom is 0.264 e. The number of hydrogen-bond donors (Lipinski definition) is 0. The third-order valence-electron chi connectivity index (χ3n) is 2.30. The predicted octanol–water partition coefficient (Wildman–Crippen LogP) is 2.39. The molecule has 0 N–H and O–H groups in total. The fourth-order valence-corrected chi connectivity index (χ4v) is 2.54. The molecule has 0 saturated carbocycles. The largest absolute Gasteiger partial charge is 0.375 e. The molecule has 1 rings (SSSR count). The first-order valence-electron chi connectivity index (χ1n) is 5.93. The molecule has 1 heterocycles. The molecule has 0 aliphatic rings. The third-order valence-corrected chi connectivity index (χ3v) is 3.66. The standard InChI is InChI=1S/C11H19ClN2O3S/c1-4-5-14-10(8-17-7-9(2)3)11(6-13-14)18(12,15)16/h6,9H,4-5,7-8H2,1-3H3. The van der Waals surface area contributed by atoms with Gasteiger partial charge in [0.2, 0.25) is 0 Å². The highest BCUT2D eigenvalue weighted by molar-refractivity contribution is 8.13. The Labute approximate surface area is 113 Å².